The molecule has 2 fully saturated rings. The van der Waals surface area contributed by atoms with E-state index in [4.69, 9.17) is 0 Å². The molecular formula is C19H24N8O2S. The van der Waals surface area contributed by atoms with Gasteiger partial charge >= 0.3 is 0 Å². The van der Waals surface area contributed by atoms with E-state index in [2.05, 4.69) is 30.9 Å². The van der Waals surface area contributed by atoms with Gasteiger partial charge in [-0.2, -0.15) is 5.21 Å². The molecule has 11 heteroatoms. The highest BCUT2D eigenvalue weighted by Gasteiger charge is 2.63. The minimum atomic E-state index is -0.733. The predicted octanol–water partition coefficient (Wildman–Crippen LogP) is 0.751. The first kappa shape index (κ1) is 20.3. The summed E-state index contributed by atoms with van der Waals surface area (Å²) >= 11 is 1.63. The van der Waals surface area contributed by atoms with E-state index in [1.807, 2.05) is 58.3 Å². The van der Waals surface area contributed by atoms with Crippen molar-refractivity contribution < 1.29 is 9.59 Å². The van der Waals surface area contributed by atoms with Crippen molar-refractivity contribution in [3.05, 3.63) is 41.7 Å². The Kier molecular flexibility index (Phi) is 5.22. The lowest BCUT2D eigenvalue weighted by atomic mass is 9.95. The van der Waals surface area contributed by atoms with E-state index >= 15 is 0 Å². The van der Waals surface area contributed by atoms with Crippen LogP contribution in [0.4, 0.5) is 0 Å². The van der Waals surface area contributed by atoms with Crippen LogP contribution >= 0.6 is 11.8 Å². The highest BCUT2D eigenvalue weighted by Crippen LogP contribution is 2.56. The maximum absolute atomic E-state index is 13.1. The molecule has 1 aromatic heterocycles. The molecule has 1 aromatic carbocycles. The van der Waals surface area contributed by atoms with E-state index in [1.165, 1.54) is 0 Å². The fourth-order valence-corrected chi connectivity index (χ4v) is 5.45. The number of carbonyl (C=O) groups excluding carboxylic acids is 2. The summed E-state index contributed by atoms with van der Waals surface area (Å²) in [6.45, 7) is 4.08. The number of hydrogen-bond donors (Lipinski definition) is 2. The first-order valence-electron chi connectivity index (χ1n) is 9.58. The van der Waals surface area contributed by atoms with Gasteiger partial charge in [-0.3, -0.25) is 14.6 Å². The van der Waals surface area contributed by atoms with Crippen molar-refractivity contribution >= 4 is 29.9 Å². The van der Waals surface area contributed by atoms with Crippen LogP contribution in [0.3, 0.4) is 0 Å². The molecule has 0 radical (unpaired) electrons. The van der Waals surface area contributed by atoms with E-state index in [0.717, 1.165) is 5.56 Å². The van der Waals surface area contributed by atoms with Crippen LogP contribution in [0.15, 0.2) is 35.3 Å². The Balaban J connectivity index is 1.53. The van der Waals surface area contributed by atoms with Crippen LogP contribution in [0.2, 0.25) is 0 Å². The zero-order valence-corrected chi connectivity index (χ0v) is 18.0. The van der Waals surface area contributed by atoms with Gasteiger partial charge in [0.1, 0.15) is 17.5 Å². The summed E-state index contributed by atoms with van der Waals surface area (Å²) in [6.07, 6.45) is 1.60. The Morgan fingerprint density at radius 2 is 2.10 bits per heavy atom. The average molecular weight is 429 g/mol. The third kappa shape index (κ3) is 3.53. The fraction of sp³-hybridized carbons (Fsp3) is 0.474. The van der Waals surface area contributed by atoms with Gasteiger partial charge in [-0.05, 0) is 19.4 Å². The maximum atomic E-state index is 13.1. The summed E-state index contributed by atoms with van der Waals surface area (Å²) in [7, 11) is 3.68. The van der Waals surface area contributed by atoms with Gasteiger partial charge in [0, 0.05) is 18.8 Å². The molecular weight excluding hydrogens is 404 g/mol. The van der Waals surface area contributed by atoms with Crippen LogP contribution in [0.5, 0.6) is 0 Å². The number of nitrogens with one attached hydrogen (secondary N) is 2. The Labute approximate surface area is 178 Å². The standard InChI is InChI=1S/C19H24N8O2S/c1-19(2)14(15-22-24-25-23-15)27-17(29)13(18(27)30-19)21-16(28)12(20-10-26(3)4)11-8-6-5-7-9-11/h5-10,12-14,18H,1-4H3,(H,21,28)(H,22,23,24,25)/t12?,13?,14?,18-/m0/s1. The number of tetrazole rings is 1. The largest absolute Gasteiger partial charge is 0.369 e. The number of thioether (sulfide) groups is 1. The average Bonchev–Trinajstić information content (AvgIpc) is 3.31. The summed E-state index contributed by atoms with van der Waals surface area (Å²) < 4.78 is -0.314. The topological polar surface area (TPSA) is 119 Å². The Morgan fingerprint density at radius 3 is 2.73 bits per heavy atom. The number of rotatable bonds is 6. The summed E-state index contributed by atoms with van der Waals surface area (Å²) in [5.41, 5.74) is 0.765. The third-order valence-corrected chi connectivity index (χ3v) is 6.73. The van der Waals surface area contributed by atoms with Gasteiger partial charge < -0.3 is 15.1 Å². The van der Waals surface area contributed by atoms with Crippen molar-refractivity contribution in [3.63, 3.8) is 0 Å². The zero-order chi connectivity index (χ0) is 21.5. The molecule has 2 aliphatic rings. The number of hydrogen-bond acceptors (Lipinski definition) is 7. The molecule has 158 valence electrons. The Bertz CT molecular complexity index is 947. The molecule has 2 saturated heterocycles. The number of amides is 2. The van der Waals surface area contributed by atoms with Gasteiger partial charge in [-0.1, -0.05) is 35.5 Å². The SMILES string of the molecule is CN(C)C=NC(C(=O)NC1C(=O)N2C(c3nn[nH]n3)C(C)(C)S[C@@H]12)c1ccccc1. The number of benzene rings is 1. The quantitative estimate of drug-likeness (QED) is 0.396. The van der Waals surface area contributed by atoms with E-state index in [1.54, 1.807) is 27.9 Å². The number of aromatic nitrogens is 4. The number of carbonyl (C=O) groups is 2. The van der Waals surface area contributed by atoms with E-state index in [9.17, 15) is 9.59 Å². The highest BCUT2D eigenvalue weighted by atomic mass is 32.2. The van der Waals surface area contributed by atoms with Crippen LogP contribution < -0.4 is 5.32 Å². The zero-order valence-electron chi connectivity index (χ0n) is 17.2. The summed E-state index contributed by atoms with van der Waals surface area (Å²) in [5, 5.41) is 17.0. The molecule has 4 rings (SSSR count). The van der Waals surface area contributed by atoms with Crippen molar-refractivity contribution in [1.82, 2.24) is 35.7 Å². The molecule has 2 aromatic rings. The number of β-lactam (4-membered cyclic amide) rings is 1. The van der Waals surface area contributed by atoms with Gasteiger partial charge in [0.05, 0.1) is 6.34 Å². The highest BCUT2D eigenvalue weighted by molar-refractivity contribution is 8.01. The van der Waals surface area contributed by atoms with Gasteiger partial charge in [-0.15, -0.1) is 22.0 Å². The van der Waals surface area contributed by atoms with Crippen molar-refractivity contribution in [2.75, 3.05) is 14.1 Å². The molecule has 2 amide bonds. The number of aromatic amines is 1. The van der Waals surface area contributed by atoms with Crippen LogP contribution in [0.25, 0.3) is 0 Å². The Morgan fingerprint density at radius 1 is 1.37 bits per heavy atom. The minimum Gasteiger partial charge on any atom is -0.369 e. The molecule has 0 aliphatic carbocycles. The van der Waals surface area contributed by atoms with E-state index in [0.29, 0.717) is 5.82 Å². The summed E-state index contributed by atoms with van der Waals surface area (Å²) in [4.78, 5) is 34.0. The molecule has 3 unspecified atom stereocenters. The summed E-state index contributed by atoms with van der Waals surface area (Å²) in [5.74, 6) is 0.0224. The van der Waals surface area contributed by atoms with Gasteiger partial charge in [0.25, 0.3) is 0 Å². The molecule has 0 bridgehead atoms. The number of fused-ring (bicyclic) bond motifs is 1. The number of aliphatic imine (C=N–C) groups is 1. The smallest absolute Gasteiger partial charge is 0.250 e. The predicted molar refractivity (Wildman–Crippen MR) is 113 cm³/mol. The van der Waals surface area contributed by atoms with Crippen LogP contribution in [-0.4, -0.2) is 78.8 Å². The van der Waals surface area contributed by atoms with Crippen molar-refractivity contribution in [2.45, 2.75) is 42.1 Å². The Hall–Kier alpha value is -2.95. The third-order valence-electron chi connectivity index (χ3n) is 5.16. The van der Waals surface area contributed by atoms with Gasteiger partial charge in [-0.25, -0.2) is 0 Å². The fourth-order valence-electron chi connectivity index (χ4n) is 3.82. The van der Waals surface area contributed by atoms with Gasteiger partial charge in [0.15, 0.2) is 11.9 Å². The molecule has 2 N–H and O–H groups in total. The molecule has 2 aliphatic heterocycles. The normalized spacial score (nSPS) is 25.7. The van der Waals surface area contributed by atoms with Crippen LogP contribution in [0, 0.1) is 0 Å². The lowest BCUT2D eigenvalue weighted by Crippen LogP contribution is -2.68. The molecule has 0 spiro atoms. The molecule has 30 heavy (non-hydrogen) atoms. The van der Waals surface area contributed by atoms with E-state index in [-0.39, 0.29) is 28.0 Å². The monoisotopic (exact) mass is 428 g/mol. The van der Waals surface area contributed by atoms with Crippen LogP contribution in [-0.2, 0) is 9.59 Å². The second kappa shape index (κ2) is 7.71. The summed E-state index contributed by atoms with van der Waals surface area (Å²) in [6, 6.07) is 7.67. The van der Waals surface area contributed by atoms with Crippen molar-refractivity contribution in [2.24, 2.45) is 4.99 Å². The van der Waals surface area contributed by atoms with Crippen LogP contribution in [0.1, 0.15) is 37.3 Å². The molecule has 3 heterocycles. The first-order valence-corrected chi connectivity index (χ1v) is 10.5. The van der Waals surface area contributed by atoms with E-state index < -0.39 is 12.1 Å². The molecule has 4 atom stereocenters. The van der Waals surface area contributed by atoms with Crippen molar-refractivity contribution in [1.29, 1.82) is 0 Å². The lowest BCUT2D eigenvalue weighted by molar-refractivity contribution is -0.152. The second-order valence-corrected chi connectivity index (χ2v) is 9.83. The number of nitrogens with zero attached hydrogens (tertiary/aromatic N) is 6. The van der Waals surface area contributed by atoms with Gasteiger partial charge in [0.2, 0.25) is 11.8 Å². The lowest BCUT2D eigenvalue weighted by Gasteiger charge is -2.44. The molecule has 0 saturated carbocycles. The first-order chi connectivity index (χ1) is 14.3. The second-order valence-electron chi connectivity index (χ2n) is 8.06. The maximum Gasteiger partial charge on any atom is 0.250 e. The van der Waals surface area contributed by atoms with Crippen molar-refractivity contribution in [3.8, 4) is 0 Å². The molecule has 10 nitrogen and oxygen atoms in total. The minimum absolute atomic E-state index is 0.148. The number of H-pyrrole nitrogens is 1.